The van der Waals surface area contributed by atoms with Crippen molar-refractivity contribution in [1.29, 1.82) is 0 Å². The van der Waals surface area contributed by atoms with Crippen molar-refractivity contribution < 1.29 is 18.4 Å². The molecule has 1 aromatic rings. The van der Waals surface area contributed by atoms with Gasteiger partial charge in [0.05, 0.1) is 11.0 Å². The summed E-state index contributed by atoms with van der Waals surface area (Å²) in [6.07, 6.45) is 1.43. The fourth-order valence-electron chi connectivity index (χ4n) is 1.55. The van der Waals surface area contributed by atoms with E-state index in [-0.39, 0.29) is 11.4 Å². The Morgan fingerprint density at radius 2 is 2.10 bits per heavy atom. The average Bonchev–Trinajstić information content (AvgIpc) is 2.43. The maximum atomic E-state index is 12.0. The Morgan fingerprint density at radius 1 is 1.45 bits per heavy atom. The van der Waals surface area contributed by atoms with Gasteiger partial charge >= 0.3 is 0 Å². The van der Waals surface area contributed by atoms with Crippen molar-refractivity contribution in [2.75, 3.05) is 6.54 Å². The quantitative estimate of drug-likeness (QED) is 0.324. The zero-order valence-electron chi connectivity index (χ0n) is 10.7. The Bertz CT molecular complexity index is 585. The molecule has 0 bridgehead atoms. The summed E-state index contributed by atoms with van der Waals surface area (Å²) in [7, 11) is -3.94. The summed E-state index contributed by atoms with van der Waals surface area (Å²) in [4.78, 5) is 9.69. The second-order valence-corrected chi connectivity index (χ2v) is 5.80. The van der Waals surface area contributed by atoms with Crippen molar-refractivity contribution in [3.63, 3.8) is 0 Å². The zero-order chi connectivity index (χ0) is 15.2. The third-order valence-electron chi connectivity index (χ3n) is 2.59. The number of nitro benzene ring substituents is 1. The van der Waals surface area contributed by atoms with E-state index in [0.29, 0.717) is 12.8 Å². The van der Waals surface area contributed by atoms with Crippen LogP contribution in [0, 0.1) is 10.1 Å². The first-order valence-corrected chi connectivity index (χ1v) is 7.40. The first-order valence-electron chi connectivity index (χ1n) is 5.92. The number of para-hydroxylation sites is 1. The Hall–Kier alpha value is -1.77. The number of hydrogen-bond acceptors (Lipinski definition) is 5. The number of nitrogens with one attached hydrogen (secondary N) is 1. The minimum Gasteiger partial charge on any atom is -0.389 e. The molecule has 0 saturated heterocycles. The van der Waals surface area contributed by atoms with Crippen LogP contribution in [0.4, 0.5) is 5.69 Å². The standard InChI is InChI=1S/C12H16N2O5S/c1-2-10(15)6-5-9-13-20(18,19)12-8-4-3-7-11(12)14(16)17/h2-4,7-8,10,13,15H,1,5-6,9H2. The molecule has 1 aromatic carbocycles. The number of sulfonamides is 1. The van der Waals surface area contributed by atoms with Crippen molar-refractivity contribution in [2.45, 2.75) is 23.8 Å². The predicted octanol–water partition coefficient (Wildman–Crippen LogP) is 1.20. The van der Waals surface area contributed by atoms with Gasteiger partial charge in [-0.15, -0.1) is 6.58 Å². The lowest BCUT2D eigenvalue weighted by atomic mass is 10.2. The van der Waals surface area contributed by atoms with Crippen molar-refractivity contribution in [3.8, 4) is 0 Å². The lowest BCUT2D eigenvalue weighted by molar-refractivity contribution is -0.387. The molecule has 1 atom stereocenters. The maximum Gasteiger partial charge on any atom is 0.289 e. The van der Waals surface area contributed by atoms with E-state index < -0.39 is 26.7 Å². The van der Waals surface area contributed by atoms with Crippen LogP contribution in [0.5, 0.6) is 0 Å². The summed E-state index contributed by atoms with van der Waals surface area (Å²) in [6.45, 7) is 3.49. The van der Waals surface area contributed by atoms with Gasteiger partial charge in [-0.3, -0.25) is 10.1 Å². The molecule has 8 heteroatoms. The number of rotatable bonds is 8. The van der Waals surface area contributed by atoms with Crippen LogP contribution in [0.3, 0.4) is 0 Å². The van der Waals surface area contributed by atoms with Crippen LogP contribution in [0.15, 0.2) is 41.8 Å². The van der Waals surface area contributed by atoms with Crippen molar-refractivity contribution >= 4 is 15.7 Å². The van der Waals surface area contributed by atoms with Crippen LogP contribution in [0.2, 0.25) is 0 Å². The molecular weight excluding hydrogens is 284 g/mol. The zero-order valence-corrected chi connectivity index (χ0v) is 11.5. The molecule has 0 spiro atoms. The third-order valence-corrected chi connectivity index (χ3v) is 4.10. The van der Waals surface area contributed by atoms with Crippen molar-refractivity contribution in [1.82, 2.24) is 4.72 Å². The number of aliphatic hydroxyl groups excluding tert-OH is 1. The van der Waals surface area contributed by atoms with Gasteiger partial charge in [0.15, 0.2) is 4.90 Å². The SMILES string of the molecule is C=CC(O)CCCNS(=O)(=O)c1ccccc1[N+](=O)[O-]. The Morgan fingerprint density at radius 3 is 2.70 bits per heavy atom. The molecule has 20 heavy (non-hydrogen) atoms. The van der Waals surface area contributed by atoms with E-state index in [9.17, 15) is 23.6 Å². The fourth-order valence-corrected chi connectivity index (χ4v) is 2.79. The lowest BCUT2D eigenvalue weighted by Crippen LogP contribution is -2.26. The number of benzene rings is 1. The summed E-state index contributed by atoms with van der Waals surface area (Å²) in [5, 5.41) is 20.0. The van der Waals surface area contributed by atoms with Gasteiger partial charge in [-0.25, -0.2) is 13.1 Å². The molecule has 0 radical (unpaired) electrons. The first-order chi connectivity index (χ1) is 9.38. The van der Waals surface area contributed by atoms with E-state index in [1.807, 2.05) is 0 Å². The molecule has 0 fully saturated rings. The highest BCUT2D eigenvalue weighted by atomic mass is 32.2. The summed E-state index contributed by atoms with van der Waals surface area (Å²) >= 11 is 0. The van der Waals surface area contributed by atoms with E-state index in [0.717, 1.165) is 6.07 Å². The molecule has 0 aromatic heterocycles. The van der Waals surface area contributed by atoms with Gasteiger partial charge in [-0.05, 0) is 18.9 Å². The van der Waals surface area contributed by atoms with Crippen LogP contribution in [-0.2, 0) is 10.0 Å². The number of hydrogen-bond donors (Lipinski definition) is 2. The van der Waals surface area contributed by atoms with Crippen molar-refractivity contribution in [3.05, 3.63) is 47.0 Å². The average molecular weight is 300 g/mol. The molecule has 0 aliphatic rings. The second-order valence-electron chi connectivity index (χ2n) is 4.07. The minimum absolute atomic E-state index is 0.0826. The van der Waals surface area contributed by atoms with E-state index in [4.69, 9.17) is 0 Å². The van der Waals surface area contributed by atoms with Gasteiger partial charge in [0.25, 0.3) is 5.69 Å². The Balaban J connectivity index is 2.75. The highest BCUT2D eigenvalue weighted by molar-refractivity contribution is 7.89. The Labute approximate surface area is 117 Å². The molecule has 0 amide bonds. The highest BCUT2D eigenvalue weighted by Crippen LogP contribution is 2.22. The molecule has 110 valence electrons. The molecule has 0 aliphatic carbocycles. The summed E-state index contributed by atoms with van der Waals surface area (Å²) in [6, 6.07) is 5.13. The minimum atomic E-state index is -3.94. The number of nitrogens with zero attached hydrogens (tertiary/aromatic N) is 1. The van der Waals surface area contributed by atoms with Gasteiger partial charge < -0.3 is 5.11 Å². The van der Waals surface area contributed by atoms with Crippen LogP contribution >= 0.6 is 0 Å². The van der Waals surface area contributed by atoms with Crippen LogP contribution in [-0.4, -0.2) is 31.1 Å². The first kappa shape index (κ1) is 16.3. The van der Waals surface area contributed by atoms with Gasteiger partial charge in [-0.1, -0.05) is 18.2 Å². The monoisotopic (exact) mass is 300 g/mol. The topological polar surface area (TPSA) is 110 Å². The van der Waals surface area contributed by atoms with Gasteiger partial charge in [0.1, 0.15) is 0 Å². The van der Waals surface area contributed by atoms with Crippen LogP contribution in [0.1, 0.15) is 12.8 Å². The van der Waals surface area contributed by atoms with Crippen molar-refractivity contribution in [2.24, 2.45) is 0 Å². The molecule has 1 unspecified atom stereocenters. The van der Waals surface area contributed by atoms with E-state index >= 15 is 0 Å². The summed E-state index contributed by atoms with van der Waals surface area (Å²) < 4.78 is 26.2. The van der Waals surface area contributed by atoms with E-state index in [2.05, 4.69) is 11.3 Å². The molecule has 7 nitrogen and oxygen atoms in total. The smallest absolute Gasteiger partial charge is 0.289 e. The Kier molecular flexibility index (Phi) is 5.81. The third kappa shape index (κ3) is 4.41. The second kappa shape index (κ2) is 7.13. The van der Waals surface area contributed by atoms with E-state index in [1.165, 1.54) is 24.3 Å². The van der Waals surface area contributed by atoms with Crippen LogP contribution in [0.25, 0.3) is 0 Å². The van der Waals surface area contributed by atoms with E-state index in [1.54, 1.807) is 0 Å². The predicted molar refractivity (Wildman–Crippen MR) is 73.7 cm³/mol. The fraction of sp³-hybridized carbons (Fsp3) is 0.333. The van der Waals surface area contributed by atoms with Gasteiger partial charge in [-0.2, -0.15) is 0 Å². The molecule has 0 heterocycles. The summed E-state index contributed by atoms with van der Waals surface area (Å²) in [5.41, 5.74) is -0.467. The molecule has 2 N–H and O–H groups in total. The maximum absolute atomic E-state index is 12.0. The molecule has 1 rings (SSSR count). The van der Waals surface area contributed by atoms with Crippen LogP contribution < -0.4 is 4.72 Å². The molecule has 0 aliphatic heterocycles. The number of aliphatic hydroxyl groups is 1. The molecule has 0 saturated carbocycles. The number of nitro groups is 1. The van der Waals surface area contributed by atoms with Gasteiger partial charge in [0.2, 0.25) is 10.0 Å². The highest BCUT2D eigenvalue weighted by Gasteiger charge is 2.24. The van der Waals surface area contributed by atoms with Gasteiger partial charge in [0, 0.05) is 12.6 Å². The molecular formula is C12H16N2O5S. The lowest BCUT2D eigenvalue weighted by Gasteiger charge is -2.08. The largest absolute Gasteiger partial charge is 0.389 e. The normalized spacial score (nSPS) is 12.8. The summed E-state index contributed by atoms with van der Waals surface area (Å²) in [5.74, 6) is 0.